The predicted molar refractivity (Wildman–Crippen MR) is 121 cm³/mol. The highest BCUT2D eigenvalue weighted by Crippen LogP contribution is 2.21. The quantitative estimate of drug-likeness (QED) is 0.672. The SMILES string of the molecule is CN(C)CCN(Cc1ccccc1)C(=O)CNC(=O)c1ccc(N2CCCC2=O)cc1. The summed E-state index contributed by atoms with van der Waals surface area (Å²) < 4.78 is 0. The van der Waals surface area contributed by atoms with Crippen molar-refractivity contribution in [1.29, 1.82) is 0 Å². The number of nitrogens with one attached hydrogen (secondary N) is 1. The highest BCUT2D eigenvalue weighted by molar-refractivity contribution is 5.98. The van der Waals surface area contributed by atoms with Crippen LogP contribution in [0, 0.1) is 0 Å². The van der Waals surface area contributed by atoms with E-state index < -0.39 is 0 Å². The van der Waals surface area contributed by atoms with Crippen LogP contribution in [-0.4, -0.2) is 67.8 Å². The fourth-order valence-electron chi connectivity index (χ4n) is 3.50. The highest BCUT2D eigenvalue weighted by Gasteiger charge is 2.22. The maximum Gasteiger partial charge on any atom is 0.251 e. The molecule has 31 heavy (non-hydrogen) atoms. The fraction of sp³-hybridized carbons (Fsp3) is 0.375. The van der Waals surface area contributed by atoms with Gasteiger partial charge in [0.2, 0.25) is 11.8 Å². The van der Waals surface area contributed by atoms with Crippen LogP contribution >= 0.6 is 0 Å². The van der Waals surface area contributed by atoms with Crippen molar-refractivity contribution < 1.29 is 14.4 Å². The van der Waals surface area contributed by atoms with E-state index in [9.17, 15) is 14.4 Å². The van der Waals surface area contributed by atoms with Gasteiger partial charge in [0.15, 0.2) is 0 Å². The normalized spacial score (nSPS) is 13.5. The van der Waals surface area contributed by atoms with E-state index in [2.05, 4.69) is 5.32 Å². The zero-order valence-corrected chi connectivity index (χ0v) is 18.2. The summed E-state index contributed by atoms with van der Waals surface area (Å²) in [6.07, 6.45) is 1.42. The molecule has 0 aliphatic carbocycles. The molecule has 0 atom stereocenters. The summed E-state index contributed by atoms with van der Waals surface area (Å²) in [5.74, 6) is -0.322. The van der Waals surface area contributed by atoms with Crippen LogP contribution in [0.25, 0.3) is 0 Å². The van der Waals surface area contributed by atoms with Crippen LogP contribution in [0.4, 0.5) is 5.69 Å². The molecule has 1 saturated heterocycles. The largest absolute Gasteiger partial charge is 0.343 e. The Morgan fingerprint density at radius 3 is 2.32 bits per heavy atom. The topological polar surface area (TPSA) is 73.0 Å². The molecule has 7 nitrogen and oxygen atoms in total. The van der Waals surface area contributed by atoms with E-state index in [-0.39, 0.29) is 24.3 Å². The first-order valence-electron chi connectivity index (χ1n) is 10.6. The number of rotatable bonds is 9. The van der Waals surface area contributed by atoms with Crippen molar-refractivity contribution in [2.24, 2.45) is 0 Å². The number of carbonyl (C=O) groups is 3. The van der Waals surface area contributed by atoms with Gasteiger partial charge in [-0.1, -0.05) is 30.3 Å². The lowest BCUT2D eigenvalue weighted by Gasteiger charge is -2.25. The molecule has 0 unspecified atom stereocenters. The first-order chi connectivity index (χ1) is 14.9. The van der Waals surface area contributed by atoms with Crippen molar-refractivity contribution >= 4 is 23.4 Å². The molecule has 1 aliphatic rings. The van der Waals surface area contributed by atoms with E-state index in [4.69, 9.17) is 0 Å². The van der Waals surface area contributed by atoms with Crippen molar-refractivity contribution in [3.8, 4) is 0 Å². The van der Waals surface area contributed by atoms with Crippen LogP contribution < -0.4 is 10.2 Å². The summed E-state index contributed by atoms with van der Waals surface area (Å²) in [7, 11) is 3.93. The first-order valence-corrected chi connectivity index (χ1v) is 10.6. The molecule has 0 bridgehead atoms. The van der Waals surface area contributed by atoms with E-state index >= 15 is 0 Å². The van der Waals surface area contributed by atoms with Gasteiger partial charge in [-0.25, -0.2) is 0 Å². The Kier molecular flexibility index (Phi) is 7.78. The number of anilines is 1. The lowest BCUT2D eigenvalue weighted by Crippen LogP contribution is -2.42. The van der Waals surface area contributed by atoms with Crippen molar-refractivity contribution in [2.45, 2.75) is 19.4 Å². The van der Waals surface area contributed by atoms with E-state index in [0.29, 0.717) is 31.6 Å². The molecule has 3 rings (SSSR count). The minimum absolute atomic E-state index is 0.0640. The van der Waals surface area contributed by atoms with Crippen LogP contribution in [0.1, 0.15) is 28.8 Å². The number of likely N-dealkylation sites (N-methyl/N-ethyl adjacent to an activating group) is 1. The molecule has 0 spiro atoms. The molecule has 1 N–H and O–H groups in total. The Hall–Kier alpha value is -3.19. The summed E-state index contributed by atoms with van der Waals surface area (Å²) in [6.45, 7) is 2.47. The molecule has 2 aromatic carbocycles. The van der Waals surface area contributed by atoms with Gasteiger partial charge >= 0.3 is 0 Å². The Balaban J connectivity index is 1.57. The summed E-state index contributed by atoms with van der Waals surface area (Å²) >= 11 is 0. The second-order valence-electron chi connectivity index (χ2n) is 7.98. The van der Waals surface area contributed by atoms with Crippen molar-refractivity contribution in [3.63, 3.8) is 0 Å². The van der Waals surface area contributed by atoms with Gasteiger partial charge in [0.1, 0.15) is 0 Å². The predicted octanol–water partition coefficient (Wildman–Crippen LogP) is 2.13. The van der Waals surface area contributed by atoms with Gasteiger partial charge in [-0.05, 0) is 50.3 Å². The minimum atomic E-state index is -0.306. The van der Waals surface area contributed by atoms with Gasteiger partial charge in [-0.15, -0.1) is 0 Å². The Morgan fingerprint density at radius 2 is 1.71 bits per heavy atom. The van der Waals surface area contributed by atoms with Crippen LogP contribution in [0.5, 0.6) is 0 Å². The summed E-state index contributed by atoms with van der Waals surface area (Å²) in [5.41, 5.74) is 2.31. The fourth-order valence-corrected chi connectivity index (χ4v) is 3.50. The average Bonchev–Trinajstić information content (AvgIpc) is 3.21. The lowest BCUT2D eigenvalue weighted by atomic mass is 10.2. The number of carbonyl (C=O) groups excluding carboxylic acids is 3. The van der Waals surface area contributed by atoms with E-state index in [0.717, 1.165) is 24.2 Å². The van der Waals surface area contributed by atoms with Gasteiger partial charge in [-0.2, -0.15) is 0 Å². The average molecular weight is 423 g/mol. The summed E-state index contributed by atoms with van der Waals surface area (Å²) in [6, 6.07) is 16.7. The van der Waals surface area contributed by atoms with Gasteiger partial charge in [0.05, 0.1) is 6.54 Å². The zero-order chi connectivity index (χ0) is 22.2. The van der Waals surface area contributed by atoms with Crippen LogP contribution in [0.3, 0.4) is 0 Å². The number of benzene rings is 2. The maximum absolute atomic E-state index is 12.8. The van der Waals surface area contributed by atoms with E-state index in [1.807, 2.05) is 49.3 Å². The highest BCUT2D eigenvalue weighted by atomic mass is 16.2. The molecule has 3 amide bonds. The van der Waals surface area contributed by atoms with Gasteiger partial charge in [0, 0.05) is 43.9 Å². The second kappa shape index (κ2) is 10.7. The third-order valence-electron chi connectivity index (χ3n) is 5.30. The second-order valence-corrected chi connectivity index (χ2v) is 7.98. The van der Waals surface area contributed by atoms with Crippen LogP contribution in [-0.2, 0) is 16.1 Å². The molecule has 0 aromatic heterocycles. The third-order valence-corrected chi connectivity index (χ3v) is 5.30. The maximum atomic E-state index is 12.8. The van der Waals surface area contributed by atoms with Crippen molar-refractivity contribution in [2.75, 3.05) is 45.2 Å². The molecule has 1 fully saturated rings. The van der Waals surface area contributed by atoms with Crippen molar-refractivity contribution in [1.82, 2.24) is 15.1 Å². The smallest absolute Gasteiger partial charge is 0.251 e. The van der Waals surface area contributed by atoms with Gasteiger partial charge in [0.25, 0.3) is 5.91 Å². The molecule has 7 heteroatoms. The van der Waals surface area contributed by atoms with Gasteiger partial charge in [-0.3, -0.25) is 14.4 Å². The third kappa shape index (κ3) is 6.39. The van der Waals surface area contributed by atoms with E-state index in [1.54, 1.807) is 34.1 Å². The van der Waals surface area contributed by atoms with E-state index in [1.165, 1.54) is 0 Å². The van der Waals surface area contributed by atoms with Crippen LogP contribution in [0.15, 0.2) is 54.6 Å². The molecular formula is C24H30N4O3. The molecule has 1 heterocycles. The van der Waals surface area contributed by atoms with Crippen LogP contribution in [0.2, 0.25) is 0 Å². The molecule has 164 valence electrons. The number of hydrogen-bond donors (Lipinski definition) is 1. The Labute approximate surface area is 183 Å². The number of hydrogen-bond acceptors (Lipinski definition) is 4. The van der Waals surface area contributed by atoms with Gasteiger partial charge < -0.3 is 20.0 Å². The van der Waals surface area contributed by atoms with Crippen molar-refractivity contribution in [3.05, 3.63) is 65.7 Å². The standard InChI is InChI=1S/C24H30N4O3/c1-26(2)15-16-27(18-19-7-4-3-5-8-19)23(30)17-25-24(31)20-10-12-21(13-11-20)28-14-6-9-22(28)29/h3-5,7-8,10-13H,6,9,14-18H2,1-2H3,(H,25,31). The summed E-state index contributed by atoms with van der Waals surface area (Å²) in [4.78, 5) is 42.7. The molecule has 0 saturated carbocycles. The zero-order valence-electron chi connectivity index (χ0n) is 18.2. The number of nitrogens with zero attached hydrogens (tertiary/aromatic N) is 3. The molecule has 0 radical (unpaired) electrons. The Morgan fingerprint density at radius 1 is 1.00 bits per heavy atom. The Bertz CT molecular complexity index is 897. The molecular weight excluding hydrogens is 392 g/mol. The monoisotopic (exact) mass is 422 g/mol. The molecule has 2 aromatic rings. The lowest BCUT2D eigenvalue weighted by molar-refractivity contribution is -0.130. The minimum Gasteiger partial charge on any atom is -0.343 e. The summed E-state index contributed by atoms with van der Waals surface area (Å²) in [5, 5.41) is 2.73. The molecule has 1 aliphatic heterocycles. The number of amides is 3. The first kappa shape index (κ1) is 22.5.